The molecule has 2 aromatic carbocycles. The van der Waals surface area contributed by atoms with Gasteiger partial charge < -0.3 is 10.1 Å². The quantitative estimate of drug-likeness (QED) is 0.645. The summed E-state index contributed by atoms with van der Waals surface area (Å²) < 4.78 is 4.64. The van der Waals surface area contributed by atoms with Gasteiger partial charge in [-0.25, -0.2) is 4.79 Å². The number of hydrogen-bond acceptors (Lipinski definition) is 4. The Morgan fingerprint density at radius 1 is 1.04 bits per heavy atom. The number of ether oxygens (including phenoxy) is 1. The smallest absolute Gasteiger partial charge is 0.337 e. The number of carbonyl (C=O) groups excluding carboxylic acids is 2. The van der Waals surface area contributed by atoms with Crippen molar-refractivity contribution in [1.82, 2.24) is 10.6 Å². The molecule has 0 heterocycles. The average Bonchev–Trinajstić information content (AvgIpc) is 2.62. The van der Waals surface area contributed by atoms with Gasteiger partial charge in [0.05, 0.1) is 12.7 Å². The molecule has 0 saturated heterocycles. The normalized spacial score (nSPS) is 9.88. The van der Waals surface area contributed by atoms with Gasteiger partial charge in [-0.3, -0.25) is 10.1 Å². The lowest BCUT2D eigenvalue weighted by Crippen LogP contribution is -2.40. The third kappa shape index (κ3) is 5.17. The van der Waals surface area contributed by atoms with Crippen molar-refractivity contribution < 1.29 is 14.3 Å². The van der Waals surface area contributed by atoms with Crippen LogP contribution in [0.4, 0.5) is 0 Å². The Kier molecular flexibility index (Phi) is 6.45. The number of amides is 1. The van der Waals surface area contributed by atoms with Crippen molar-refractivity contribution in [2.24, 2.45) is 0 Å². The van der Waals surface area contributed by atoms with E-state index in [1.165, 1.54) is 18.7 Å². The third-order valence-corrected chi connectivity index (χ3v) is 3.56. The molecule has 5 nitrogen and oxygen atoms in total. The van der Waals surface area contributed by atoms with Crippen LogP contribution in [0.2, 0.25) is 0 Å². The van der Waals surface area contributed by atoms with Crippen LogP contribution in [-0.4, -0.2) is 30.6 Å². The first-order valence-electron chi connectivity index (χ1n) is 7.41. The second kappa shape index (κ2) is 8.79. The molecule has 0 spiro atoms. The van der Waals surface area contributed by atoms with Crippen molar-refractivity contribution in [2.45, 2.75) is 6.42 Å². The van der Waals surface area contributed by atoms with Crippen LogP contribution in [0.1, 0.15) is 26.3 Å². The fourth-order valence-corrected chi connectivity index (χ4v) is 2.28. The molecule has 2 aromatic rings. The molecular formula is C18H18N2O3S. The summed E-state index contributed by atoms with van der Waals surface area (Å²) in [5.41, 5.74) is 1.84. The zero-order valence-electron chi connectivity index (χ0n) is 13.2. The van der Waals surface area contributed by atoms with Crippen molar-refractivity contribution in [1.29, 1.82) is 0 Å². The van der Waals surface area contributed by atoms with E-state index in [0.29, 0.717) is 17.7 Å². The molecule has 0 fully saturated rings. The number of carbonyl (C=O) groups is 2. The van der Waals surface area contributed by atoms with E-state index in [4.69, 9.17) is 12.2 Å². The summed E-state index contributed by atoms with van der Waals surface area (Å²) in [4.78, 5) is 23.7. The van der Waals surface area contributed by atoms with Crippen molar-refractivity contribution in [3.05, 3.63) is 71.3 Å². The molecule has 0 aliphatic heterocycles. The number of methoxy groups -OCH3 is 1. The molecule has 0 bridgehead atoms. The van der Waals surface area contributed by atoms with Gasteiger partial charge in [-0.15, -0.1) is 0 Å². The van der Waals surface area contributed by atoms with Crippen LogP contribution >= 0.6 is 12.2 Å². The minimum absolute atomic E-state index is 0.249. The summed E-state index contributed by atoms with van der Waals surface area (Å²) in [5, 5.41) is 5.83. The predicted octanol–water partition coefficient (Wildman–Crippen LogP) is 2.32. The van der Waals surface area contributed by atoms with Crippen molar-refractivity contribution in [3.8, 4) is 0 Å². The van der Waals surface area contributed by atoms with Gasteiger partial charge in [-0.05, 0) is 42.4 Å². The molecular weight excluding hydrogens is 324 g/mol. The second-order valence-electron chi connectivity index (χ2n) is 5.02. The Balaban J connectivity index is 1.85. The summed E-state index contributed by atoms with van der Waals surface area (Å²) in [6, 6.07) is 16.2. The first kappa shape index (κ1) is 17.6. The van der Waals surface area contributed by atoms with Gasteiger partial charge in [0.15, 0.2) is 5.11 Å². The fraction of sp³-hybridized carbons (Fsp3) is 0.167. The zero-order valence-corrected chi connectivity index (χ0v) is 14.1. The lowest BCUT2D eigenvalue weighted by atomic mass is 10.1. The molecule has 2 N–H and O–H groups in total. The van der Waals surface area contributed by atoms with E-state index in [1.807, 2.05) is 30.3 Å². The summed E-state index contributed by atoms with van der Waals surface area (Å²) in [6.07, 6.45) is 0.800. The first-order valence-corrected chi connectivity index (χ1v) is 7.82. The Morgan fingerprint density at radius 2 is 1.75 bits per heavy atom. The Labute approximate surface area is 146 Å². The zero-order chi connectivity index (χ0) is 17.4. The first-order chi connectivity index (χ1) is 11.6. The highest BCUT2D eigenvalue weighted by Gasteiger charge is 2.11. The van der Waals surface area contributed by atoms with E-state index in [9.17, 15) is 9.59 Å². The molecule has 0 aromatic heterocycles. The maximum Gasteiger partial charge on any atom is 0.337 e. The topological polar surface area (TPSA) is 67.4 Å². The maximum absolute atomic E-state index is 12.2. The van der Waals surface area contributed by atoms with Crippen molar-refractivity contribution >= 4 is 29.2 Å². The summed E-state index contributed by atoms with van der Waals surface area (Å²) in [7, 11) is 1.29. The molecule has 124 valence electrons. The van der Waals surface area contributed by atoms with E-state index in [0.717, 1.165) is 6.42 Å². The van der Waals surface area contributed by atoms with Crippen LogP contribution in [0.25, 0.3) is 0 Å². The Morgan fingerprint density at radius 3 is 2.46 bits per heavy atom. The number of nitrogens with one attached hydrogen (secondary N) is 2. The summed E-state index contributed by atoms with van der Waals surface area (Å²) in [5.74, 6) is -0.869. The van der Waals surface area contributed by atoms with Gasteiger partial charge >= 0.3 is 5.97 Å². The summed E-state index contributed by atoms with van der Waals surface area (Å²) in [6.45, 7) is 0.616. The number of benzene rings is 2. The number of hydrogen-bond donors (Lipinski definition) is 2. The van der Waals surface area contributed by atoms with E-state index < -0.39 is 5.97 Å². The molecule has 0 unspecified atom stereocenters. The Bertz CT molecular complexity index is 732. The SMILES string of the molecule is COC(=O)c1cccc(C(=O)NC(=S)NCCc2ccccc2)c1. The molecule has 0 saturated carbocycles. The van der Waals surface area contributed by atoms with Crippen LogP contribution in [0.5, 0.6) is 0 Å². The van der Waals surface area contributed by atoms with Crippen LogP contribution in [-0.2, 0) is 11.2 Å². The number of thiocarbonyl (C=S) groups is 1. The second-order valence-corrected chi connectivity index (χ2v) is 5.43. The lowest BCUT2D eigenvalue weighted by Gasteiger charge is -2.10. The standard InChI is InChI=1S/C18H18N2O3S/c1-23-17(22)15-9-5-8-14(12-15)16(21)20-18(24)19-11-10-13-6-3-2-4-7-13/h2-9,12H,10-11H2,1H3,(H2,19,20,21,24). The molecule has 0 radical (unpaired) electrons. The lowest BCUT2D eigenvalue weighted by molar-refractivity contribution is 0.0600. The van der Waals surface area contributed by atoms with Gasteiger partial charge in [-0.1, -0.05) is 36.4 Å². The molecule has 6 heteroatoms. The van der Waals surface area contributed by atoms with Crippen molar-refractivity contribution in [3.63, 3.8) is 0 Å². The molecule has 2 rings (SSSR count). The van der Waals surface area contributed by atoms with Crippen LogP contribution < -0.4 is 10.6 Å². The third-order valence-electron chi connectivity index (χ3n) is 3.31. The van der Waals surface area contributed by atoms with Crippen molar-refractivity contribution in [2.75, 3.05) is 13.7 Å². The average molecular weight is 342 g/mol. The van der Waals surface area contributed by atoms with Crippen LogP contribution in [0, 0.1) is 0 Å². The van der Waals surface area contributed by atoms with Gasteiger partial charge in [0.1, 0.15) is 0 Å². The van der Waals surface area contributed by atoms with Crippen LogP contribution in [0.15, 0.2) is 54.6 Å². The molecule has 1 amide bonds. The number of esters is 1. The van der Waals surface area contributed by atoms with E-state index in [1.54, 1.807) is 18.2 Å². The Hall–Kier alpha value is -2.73. The predicted molar refractivity (Wildman–Crippen MR) is 96.0 cm³/mol. The molecule has 0 atom stereocenters. The van der Waals surface area contributed by atoms with Gasteiger partial charge in [-0.2, -0.15) is 0 Å². The monoisotopic (exact) mass is 342 g/mol. The summed E-state index contributed by atoms with van der Waals surface area (Å²) >= 11 is 5.12. The van der Waals surface area contributed by atoms with Gasteiger partial charge in [0.25, 0.3) is 5.91 Å². The highest BCUT2D eigenvalue weighted by molar-refractivity contribution is 7.80. The highest BCUT2D eigenvalue weighted by atomic mass is 32.1. The minimum atomic E-state index is -0.492. The van der Waals surface area contributed by atoms with E-state index in [-0.39, 0.29) is 11.0 Å². The van der Waals surface area contributed by atoms with Gasteiger partial charge in [0, 0.05) is 12.1 Å². The molecule has 24 heavy (non-hydrogen) atoms. The van der Waals surface area contributed by atoms with E-state index >= 15 is 0 Å². The largest absolute Gasteiger partial charge is 0.465 e. The van der Waals surface area contributed by atoms with Crippen LogP contribution in [0.3, 0.4) is 0 Å². The van der Waals surface area contributed by atoms with E-state index in [2.05, 4.69) is 15.4 Å². The highest BCUT2D eigenvalue weighted by Crippen LogP contribution is 2.06. The fourth-order valence-electron chi connectivity index (χ4n) is 2.09. The van der Waals surface area contributed by atoms with Gasteiger partial charge in [0.2, 0.25) is 0 Å². The minimum Gasteiger partial charge on any atom is -0.465 e. The number of rotatable bonds is 5. The maximum atomic E-state index is 12.2. The molecule has 0 aliphatic carbocycles. The molecule has 0 aliphatic rings.